The lowest BCUT2D eigenvalue weighted by Crippen LogP contribution is -2.06. The monoisotopic (exact) mass is 325 g/mol. The van der Waals surface area contributed by atoms with Crippen molar-refractivity contribution in [3.8, 4) is 0 Å². The molecule has 5 rings (SSSR count). The smallest absolute Gasteiger partial charge is 0.193 e. The van der Waals surface area contributed by atoms with Crippen LogP contribution in [-0.4, -0.2) is 15.2 Å². The lowest BCUT2D eigenvalue weighted by atomic mass is 10.0. The molecule has 0 amide bonds. The Bertz CT molecular complexity index is 1240. The number of nitrogens with zero attached hydrogens (tertiary/aromatic N) is 1. The molecule has 4 aromatic rings. The van der Waals surface area contributed by atoms with Gasteiger partial charge in [-0.25, -0.2) is 0 Å². The molecule has 2 heterocycles. The van der Waals surface area contributed by atoms with E-state index in [9.17, 15) is 4.79 Å². The third-order valence-electron chi connectivity index (χ3n) is 4.65. The van der Waals surface area contributed by atoms with Gasteiger partial charge in [0.25, 0.3) is 0 Å². The van der Waals surface area contributed by atoms with Gasteiger partial charge in [0.15, 0.2) is 11.1 Å². The van der Waals surface area contributed by atoms with E-state index in [1.165, 1.54) is 10.8 Å². The van der Waals surface area contributed by atoms with Crippen LogP contribution in [-0.2, 0) is 6.42 Å². The molecule has 4 heteroatoms. The molecule has 1 aliphatic rings. The van der Waals surface area contributed by atoms with Gasteiger partial charge in [-0.05, 0) is 16.3 Å². The van der Waals surface area contributed by atoms with Gasteiger partial charge in [-0.2, -0.15) is 5.10 Å². The maximum absolute atomic E-state index is 12.6. The highest BCUT2D eigenvalue weighted by molar-refractivity contribution is 5.93. The highest BCUT2D eigenvalue weighted by atomic mass is 16.1. The van der Waals surface area contributed by atoms with E-state index in [0.29, 0.717) is 17.5 Å². The minimum absolute atomic E-state index is 0.00510. The summed E-state index contributed by atoms with van der Waals surface area (Å²) in [6, 6.07) is 16.3. The summed E-state index contributed by atoms with van der Waals surface area (Å²) >= 11 is 0. The largest absolute Gasteiger partial charge is 0.341 e. The van der Waals surface area contributed by atoms with Crippen molar-refractivity contribution < 1.29 is 0 Å². The van der Waals surface area contributed by atoms with Crippen LogP contribution in [0.1, 0.15) is 17.0 Å². The van der Waals surface area contributed by atoms with Crippen LogP contribution >= 0.6 is 0 Å². The average molecular weight is 325 g/mol. The number of nitrogens with one attached hydrogen (secondary N) is 2. The zero-order valence-electron chi connectivity index (χ0n) is 13.4. The van der Waals surface area contributed by atoms with Crippen molar-refractivity contribution in [2.24, 2.45) is 0 Å². The number of aromatic amines is 2. The van der Waals surface area contributed by atoms with E-state index in [-0.39, 0.29) is 5.43 Å². The molecule has 0 atom stereocenters. The van der Waals surface area contributed by atoms with Crippen LogP contribution in [0.25, 0.3) is 27.4 Å². The number of benzene rings is 2. The fourth-order valence-corrected chi connectivity index (χ4v) is 3.32. The lowest BCUT2D eigenvalue weighted by molar-refractivity contribution is 1.05. The molecule has 2 aromatic heterocycles. The minimum Gasteiger partial charge on any atom is -0.341 e. The second-order valence-corrected chi connectivity index (χ2v) is 6.32. The first-order valence-electron chi connectivity index (χ1n) is 8.25. The van der Waals surface area contributed by atoms with Crippen molar-refractivity contribution in [1.82, 2.24) is 15.2 Å². The van der Waals surface area contributed by atoms with Crippen LogP contribution in [0, 0.1) is 0 Å². The molecule has 2 aromatic carbocycles. The quantitative estimate of drug-likeness (QED) is 0.599. The Morgan fingerprint density at radius 3 is 2.64 bits per heavy atom. The highest BCUT2D eigenvalue weighted by Crippen LogP contribution is 2.25. The Labute approximate surface area is 143 Å². The van der Waals surface area contributed by atoms with Gasteiger partial charge in [0.1, 0.15) is 0 Å². The minimum atomic E-state index is -0.00510. The highest BCUT2D eigenvalue weighted by Gasteiger charge is 2.15. The summed E-state index contributed by atoms with van der Waals surface area (Å²) in [5.74, 6) is 0. The van der Waals surface area contributed by atoms with E-state index in [1.54, 1.807) is 6.07 Å². The predicted molar refractivity (Wildman–Crippen MR) is 101 cm³/mol. The molecule has 0 aliphatic heterocycles. The third kappa shape index (κ3) is 2.31. The average Bonchev–Trinajstić information content (AvgIpc) is 2.97. The van der Waals surface area contributed by atoms with Gasteiger partial charge in [-0.15, -0.1) is 0 Å². The molecule has 2 N–H and O–H groups in total. The first-order chi connectivity index (χ1) is 12.3. The molecule has 0 radical (unpaired) electrons. The maximum atomic E-state index is 12.6. The normalized spacial score (nSPS) is 13.2. The van der Waals surface area contributed by atoms with Crippen molar-refractivity contribution in [3.63, 3.8) is 0 Å². The number of allylic oxidation sites excluding steroid dienone is 4. The van der Waals surface area contributed by atoms with Crippen LogP contribution in [0.3, 0.4) is 0 Å². The Balaban J connectivity index is 1.55. The van der Waals surface area contributed by atoms with Gasteiger partial charge in [0, 0.05) is 23.8 Å². The van der Waals surface area contributed by atoms with E-state index in [1.807, 2.05) is 30.4 Å². The fourth-order valence-electron chi connectivity index (χ4n) is 3.32. The molecule has 120 valence electrons. The summed E-state index contributed by atoms with van der Waals surface area (Å²) in [6.07, 6.45) is 6.55. The van der Waals surface area contributed by atoms with Crippen molar-refractivity contribution in [3.05, 3.63) is 93.9 Å². The van der Waals surface area contributed by atoms with Gasteiger partial charge < -0.3 is 4.98 Å². The first-order valence-corrected chi connectivity index (χ1v) is 8.25. The summed E-state index contributed by atoms with van der Waals surface area (Å²) in [7, 11) is 0. The molecule has 0 saturated carbocycles. The topological polar surface area (TPSA) is 61.5 Å². The summed E-state index contributed by atoms with van der Waals surface area (Å²) in [5.41, 5.74) is 4.43. The van der Waals surface area contributed by atoms with Gasteiger partial charge in [0.05, 0.1) is 11.1 Å². The van der Waals surface area contributed by atoms with Crippen molar-refractivity contribution in [2.45, 2.75) is 6.42 Å². The van der Waals surface area contributed by atoms with Gasteiger partial charge >= 0.3 is 0 Å². The number of pyridine rings is 1. The maximum Gasteiger partial charge on any atom is 0.193 e. The van der Waals surface area contributed by atoms with Crippen molar-refractivity contribution >= 4 is 27.4 Å². The number of H-pyrrole nitrogens is 2. The molecule has 4 nitrogen and oxygen atoms in total. The summed E-state index contributed by atoms with van der Waals surface area (Å²) in [4.78, 5) is 15.9. The standard InChI is InChI=1S/C21H15N3O/c25-18-12-17(11-13-8-9-14-4-1-2-5-16(14)10-13)22-21-19(18)20(23-24-21)15-6-3-7-15/h1-10,12H,11H2,(H2,22,23,24,25). The zero-order chi connectivity index (χ0) is 16.8. The Morgan fingerprint density at radius 1 is 1.00 bits per heavy atom. The van der Waals surface area contributed by atoms with Crippen LogP contribution in [0.15, 0.2) is 71.6 Å². The molecule has 25 heavy (non-hydrogen) atoms. The van der Waals surface area contributed by atoms with Crippen LogP contribution < -0.4 is 5.43 Å². The van der Waals surface area contributed by atoms with Crippen molar-refractivity contribution in [1.29, 1.82) is 0 Å². The molecule has 0 saturated heterocycles. The second-order valence-electron chi connectivity index (χ2n) is 6.32. The number of rotatable bonds is 3. The molecule has 0 spiro atoms. The molecule has 0 unspecified atom stereocenters. The molecular formula is C21H15N3O. The van der Waals surface area contributed by atoms with E-state index in [2.05, 4.69) is 45.5 Å². The molecular weight excluding hydrogens is 310 g/mol. The Hall–Kier alpha value is -3.40. The zero-order valence-corrected chi connectivity index (χ0v) is 13.4. The summed E-state index contributed by atoms with van der Waals surface area (Å²) in [5, 5.41) is 10.3. The molecule has 1 aliphatic carbocycles. The first kappa shape index (κ1) is 14.0. The summed E-state index contributed by atoms with van der Waals surface area (Å²) in [6.45, 7) is 0. The second kappa shape index (κ2) is 5.31. The Kier molecular flexibility index (Phi) is 2.97. The molecule has 0 fully saturated rings. The number of hydrogen-bond acceptors (Lipinski definition) is 2. The Morgan fingerprint density at radius 2 is 1.84 bits per heavy atom. The molecule has 0 bridgehead atoms. The van der Waals surface area contributed by atoms with Crippen LogP contribution in [0.4, 0.5) is 0 Å². The van der Waals surface area contributed by atoms with Crippen LogP contribution in [0.5, 0.6) is 0 Å². The van der Waals surface area contributed by atoms with E-state index in [0.717, 1.165) is 22.5 Å². The number of hydrogen-bond donors (Lipinski definition) is 2. The number of fused-ring (bicyclic) bond motifs is 2. The SMILES string of the molecule is O=c1cc(Cc2ccc3ccccc3c2)[nH]c2n[nH]c(C3=CC=C3)c12. The van der Waals surface area contributed by atoms with E-state index >= 15 is 0 Å². The van der Waals surface area contributed by atoms with Crippen LogP contribution in [0.2, 0.25) is 0 Å². The summed E-state index contributed by atoms with van der Waals surface area (Å²) < 4.78 is 0. The predicted octanol–water partition coefficient (Wildman–Crippen LogP) is 3.95. The van der Waals surface area contributed by atoms with E-state index in [4.69, 9.17) is 0 Å². The third-order valence-corrected chi connectivity index (χ3v) is 4.65. The fraction of sp³-hybridized carbons (Fsp3) is 0.0476. The van der Waals surface area contributed by atoms with Gasteiger partial charge in [0.2, 0.25) is 0 Å². The number of aromatic nitrogens is 3. The van der Waals surface area contributed by atoms with Gasteiger partial charge in [-0.1, -0.05) is 60.7 Å². The lowest BCUT2D eigenvalue weighted by Gasteiger charge is -2.06. The van der Waals surface area contributed by atoms with Crippen molar-refractivity contribution in [2.75, 3.05) is 0 Å². The van der Waals surface area contributed by atoms with Gasteiger partial charge in [-0.3, -0.25) is 9.89 Å². The van der Waals surface area contributed by atoms with E-state index < -0.39 is 0 Å².